The van der Waals surface area contributed by atoms with Crippen molar-refractivity contribution in [1.29, 1.82) is 0 Å². The molecule has 3 heteroatoms. The zero-order chi connectivity index (χ0) is 12.5. The van der Waals surface area contributed by atoms with Crippen LogP contribution < -0.4 is 5.73 Å². The molecule has 1 heterocycles. The number of carbonyl (C=O) groups is 1. The second kappa shape index (κ2) is 4.60. The number of hydrogen-bond donors (Lipinski definition) is 1. The van der Waals surface area contributed by atoms with Crippen molar-refractivity contribution < 1.29 is 4.79 Å². The maximum absolute atomic E-state index is 12.2. The van der Waals surface area contributed by atoms with E-state index in [9.17, 15) is 4.79 Å². The molecule has 3 nitrogen and oxygen atoms in total. The molecule has 1 amide bonds. The van der Waals surface area contributed by atoms with Crippen LogP contribution in [0.25, 0.3) is 0 Å². The number of hydrogen-bond acceptors (Lipinski definition) is 2. The van der Waals surface area contributed by atoms with Crippen LogP contribution in [0.5, 0.6) is 0 Å². The minimum Gasteiger partial charge on any atom is -0.342 e. The Bertz CT molecular complexity index is 293. The predicted octanol–water partition coefficient (Wildman–Crippen LogP) is 2.30. The van der Waals surface area contributed by atoms with Crippen molar-refractivity contribution in [2.45, 2.75) is 64.3 Å². The van der Waals surface area contributed by atoms with Crippen LogP contribution in [-0.2, 0) is 4.79 Å². The van der Waals surface area contributed by atoms with Crippen molar-refractivity contribution in [2.75, 3.05) is 13.1 Å². The first-order chi connectivity index (χ1) is 8.02. The summed E-state index contributed by atoms with van der Waals surface area (Å²) in [7, 11) is 0. The van der Waals surface area contributed by atoms with Gasteiger partial charge in [0.2, 0.25) is 5.91 Å². The Morgan fingerprint density at radius 2 is 1.88 bits per heavy atom. The summed E-state index contributed by atoms with van der Waals surface area (Å²) in [5, 5.41) is 0. The molecule has 1 aliphatic carbocycles. The molecule has 0 bridgehead atoms. The third-order valence-corrected chi connectivity index (χ3v) is 5.14. The highest BCUT2D eigenvalue weighted by molar-refractivity contribution is 5.78. The first-order valence-corrected chi connectivity index (χ1v) is 7.09. The minimum atomic E-state index is -0.166. The number of amides is 1. The molecule has 0 aromatic rings. The fourth-order valence-electron chi connectivity index (χ4n) is 3.20. The van der Waals surface area contributed by atoms with Gasteiger partial charge >= 0.3 is 0 Å². The van der Waals surface area contributed by atoms with Gasteiger partial charge in [-0.05, 0) is 43.9 Å². The molecule has 0 spiro atoms. The molecule has 1 saturated heterocycles. The Kier molecular flexibility index (Phi) is 3.48. The van der Waals surface area contributed by atoms with Gasteiger partial charge in [-0.1, -0.05) is 13.8 Å². The first-order valence-electron chi connectivity index (χ1n) is 7.09. The third-order valence-electron chi connectivity index (χ3n) is 5.14. The van der Waals surface area contributed by atoms with Crippen molar-refractivity contribution >= 4 is 5.91 Å². The minimum absolute atomic E-state index is 0.166. The topological polar surface area (TPSA) is 46.3 Å². The van der Waals surface area contributed by atoms with Crippen LogP contribution in [0, 0.1) is 5.41 Å². The monoisotopic (exact) mass is 238 g/mol. The number of rotatable bonds is 4. The Morgan fingerprint density at radius 3 is 2.29 bits per heavy atom. The predicted molar refractivity (Wildman–Crippen MR) is 69.6 cm³/mol. The summed E-state index contributed by atoms with van der Waals surface area (Å²) in [5.74, 6) is 0.288. The van der Waals surface area contributed by atoms with E-state index in [-0.39, 0.29) is 11.4 Å². The van der Waals surface area contributed by atoms with E-state index < -0.39 is 0 Å². The molecule has 0 aromatic heterocycles. The van der Waals surface area contributed by atoms with Crippen LogP contribution in [0.3, 0.4) is 0 Å². The van der Waals surface area contributed by atoms with Crippen molar-refractivity contribution in [2.24, 2.45) is 11.1 Å². The zero-order valence-corrected chi connectivity index (χ0v) is 11.3. The molecule has 98 valence electrons. The molecule has 0 atom stereocenters. The average molecular weight is 238 g/mol. The maximum atomic E-state index is 12.2. The largest absolute Gasteiger partial charge is 0.342 e. The van der Waals surface area contributed by atoms with Crippen LogP contribution in [0.1, 0.15) is 58.8 Å². The van der Waals surface area contributed by atoms with E-state index in [4.69, 9.17) is 5.73 Å². The summed E-state index contributed by atoms with van der Waals surface area (Å²) in [6.07, 6.45) is 7.35. The number of likely N-dealkylation sites (tertiary alicyclic amines) is 1. The molecule has 0 aromatic carbocycles. The lowest BCUT2D eigenvalue weighted by molar-refractivity contribution is -0.132. The van der Waals surface area contributed by atoms with E-state index >= 15 is 0 Å². The second-order valence-corrected chi connectivity index (χ2v) is 6.17. The average Bonchev–Trinajstić information content (AvgIpc) is 2.72. The quantitative estimate of drug-likeness (QED) is 0.817. The van der Waals surface area contributed by atoms with Gasteiger partial charge in [0, 0.05) is 25.0 Å². The molecule has 2 fully saturated rings. The van der Waals surface area contributed by atoms with Gasteiger partial charge in [-0.15, -0.1) is 0 Å². The Balaban J connectivity index is 1.89. The van der Waals surface area contributed by atoms with Crippen LogP contribution >= 0.6 is 0 Å². The maximum Gasteiger partial charge on any atom is 0.224 e. The third kappa shape index (κ3) is 2.49. The molecular formula is C14H26N2O. The van der Waals surface area contributed by atoms with Gasteiger partial charge in [0.1, 0.15) is 0 Å². The molecule has 2 aliphatic rings. The van der Waals surface area contributed by atoms with Crippen LogP contribution in [0.4, 0.5) is 0 Å². The van der Waals surface area contributed by atoms with Crippen LogP contribution in [-0.4, -0.2) is 29.4 Å². The summed E-state index contributed by atoms with van der Waals surface area (Å²) in [6, 6.07) is 0. The Hall–Kier alpha value is -0.570. The molecule has 1 saturated carbocycles. The highest BCUT2D eigenvalue weighted by Gasteiger charge is 2.40. The lowest BCUT2D eigenvalue weighted by Crippen LogP contribution is -2.50. The van der Waals surface area contributed by atoms with Gasteiger partial charge in [0.05, 0.1) is 0 Å². The molecule has 1 aliphatic heterocycles. The summed E-state index contributed by atoms with van der Waals surface area (Å²) in [4.78, 5) is 14.3. The number of nitrogens with two attached hydrogens (primary N) is 1. The summed E-state index contributed by atoms with van der Waals surface area (Å²) >= 11 is 0. The second-order valence-electron chi connectivity index (χ2n) is 6.17. The molecule has 17 heavy (non-hydrogen) atoms. The molecular weight excluding hydrogens is 212 g/mol. The van der Waals surface area contributed by atoms with Gasteiger partial charge in [-0.25, -0.2) is 0 Å². The van der Waals surface area contributed by atoms with Crippen molar-refractivity contribution in [3.8, 4) is 0 Å². The summed E-state index contributed by atoms with van der Waals surface area (Å²) in [6.45, 7) is 6.38. The van der Waals surface area contributed by atoms with Gasteiger partial charge in [-0.2, -0.15) is 0 Å². The van der Waals surface area contributed by atoms with Crippen LogP contribution in [0.15, 0.2) is 0 Å². The van der Waals surface area contributed by atoms with Crippen molar-refractivity contribution in [3.63, 3.8) is 0 Å². The Labute approximate surface area is 105 Å². The lowest BCUT2D eigenvalue weighted by Gasteiger charge is -2.38. The molecule has 0 unspecified atom stereocenters. The van der Waals surface area contributed by atoms with Crippen molar-refractivity contribution in [1.82, 2.24) is 4.90 Å². The lowest BCUT2D eigenvalue weighted by atomic mass is 9.75. The molecule has 2 N–H and O–H groups in total. The van der Waals surface area contributed by atoms with Gasteiger partial charge in [-0.3, -0.25) is 4.79 Å². The van der Waals surface area contributed by atoms with Gasteiger partial charge in [0.15, 0.2) is 0 Å². The van der Waals surface area contributed by atoms with E-state index in [1.54, 1.807) is 0 Å². The van der Waals surface area contributed by atoms with Gasteiger partial charge < -0.3 is 10.6 Å². The fourth-order valence-corrected chi connectivity index (χ4v) is 3.20. The van der Waals surface area contributed by atoms with E-state index in [0.717, 1.165) is 25.9 Å². The van der Waals surface area contributed by atoms with E-state index in [2.05, 4.69) is 18.7 Å². The number of carbonyl (C=O) groups excluding carboxylic acids is 1. The van der Waals surface area contributed by atoms with E-state index in [0.29, 0.717) is 11.8 Å². The zero-order valence-electron chi connectivity index (χ0n) is 11.3. The smallest absolute Gasteiger partial charge is 0.224 e. The van der Waals surface area contributed by atoms with Crippen molar-refractivity contribution in [3.05, 3.63) is 0 Å². The standard InChI is InChI=1S/C14H26N2O/c1-3-13(4-2)8-9-16(11-13)12(17)10-14(15)6-5-7-14/h3-11,15H2,1-2H3. The van der Waals surface area contributed by atoms with Gasteiger partial charge in [0.25, 0.3) is 0 Å². The highest BCUT2D eigenvalue weighted by Crippen LogP contribution is 2.38. The highest BCUT2D eigenvalue weighted by atomic mass is 16.2. The van der Waals surface area contributed by atoms with E-state index in [1.807, 2.05) is 0 Å². The Morgan fingerprint density at radius 1 is 1.24 bits per heavy atom. The fraction of sp³-hybridized carbons (Fsp3) is 0.929. The molecule has 0 radical (unpaired) electrons. The summed E-state index contributed by atoms with van der Waals surface area (Å²) < 4.78 is 0. The molecule has 2 rings (SSSR count). The SMILES string of the molecule is CCC1(CC)CCN(C(=O)CC2(N)CCC2)C1. The van der Waals surface area contributed by atoms with Crippen LogP contribution in [0.2, 0.25) is 0 Å². The normalized spacial score (nSPS) is 25.7. The first kappa shape index (κ1) is 12.9. The van der Waals surface area contributed by atoms with E-state index in [1.165, 1.54) is 25.7 Å². The summed E-state index contributed by atoms with van der Waals surface area (Å²) in [5.41, 5.74) is 6.38. The number of nitrogens with zero attached hydrogens (tertiary/aromatic N) is 1.